The van der Waals surface area contributed by atoms with E-state index in [1.165, 1.54) is 12.1 Å². The van der Waals surface area contributed by atoms with Gasteiger partial charge in [-0.05, 0) is 30.9 Å². The third-order valence-electron chi connectivity index (χ3n) is 4.83. The number of amides is 1. The molecular formula is C17H21F3N2O2. The molecular weight excluding hydrogens is 321 g/mol. The van der Waals surface area contributed by atoms with Gasteiger partial charge in [0, 0.05) is 25.7 Å². The zero-order valence-electron chi connectivity index (χ0n) is 13.5. The van der Waals surface area contributed by atoms with Crippen LogP contribution in [-0.4, -0.2) is 53.1 Å². The number of aliphatic hydroxyl groups excluding tert-OH is 1. The van der Waals surface area contributed by atoms with Gasteiger partial charge in [-0.2, -0.15) is 13.2 Å². The SMILES string of the molecule is CN(C(=O)CN1C[C@H](O)C[C@H]1c1ccccc1C(F)(F)F)C1CC1. The Morgan fingerprint density at radius 2 is 2.00 bits per heavy atom. The van der Waals surface area contributed by atoms with E-state index in [-0.39, 0.29) is 37.0 Å². The number of hydrogen-bond donors (Lipinski definition) is 1. The van der Waals surface area contributed by atoms with Gasteiger partial charge in [-0.25, -0.2) is 0 Å². The molecule has 1 saturated heterocycles. The number of hydrogen-bond acceptors (Lipinski definition) is 3. The summed E-state index contributed by atoms with van der Waals surface area (Å²) >= 11 is 0. The number of carbonyl (C=O) groups excluding carboxylic acids is 1. The monoisotopic (exact) mass is 342 g/mol. The zero-order chi connectivity index (χ0) is 17.5. The van der Waals surface area contributed by atoms with E-state index in [1.807, 2.05) is 0 Å². The van der Waals surface area contributed by atoms with E-state index >= 15 is 0 Å². The molecule has 0 aromatic heterocycles. The van der Waals surface area contributed by atoms with Crippen LogP contribution in [-0.2, 0) is 11.0 Å². The Balaban J connectivity index is 1.82. The Kier molecular flexibility index (Phi) is 4.57. The van der Waals surface area contributed by atoms with Crippen molar-refractivity contribution in [1.82, 2.24) is 9.80 Å². The summed E-state index contributed by atoms with van der Waals surface area (Å²) in [6.45, 7) is 0.238. The van der Waals surface area contributed by atoms with E-state index in [0.29, 0.717) is 0 Å². The summed E-state index contributed by atoms with van der Waals surface area (Å²) in [5.74, 6) is -0.110. The molecule has 1 aliphatic carbocycles. The lowest BCUT2D eigenvalue weighted by Crippen LogP contribution is -2.39. The molecule has 1 aromatic rings. The van der Waals surface area contributed by atoms with Crippen molar-refractivity contribution in [3.8, 4) is 0 Å². The number of aliphatic hydroxyl groups is 1. The normalized spacial score (nSPS) is 25.0. The molecule has 1 amide bonds. The highest BCUT2D eigenvalue weighted by molar-refractivity contribution is 5.78. The standard InChI is InChI=1S/C17H21F3N2O2/c1-21(11-6-7-11)16(24)10-22-9-12(23)8-15(22)13-4-2-3-5-14(13)17(18,19)20/h2-5,11-12,15,23H,6-10H2,1H3/t12-,15+/m1/s1. The zero-order valence-corrected chi connectivity index (χ0v) is 13.5. The third kappa shape index (κ3) is 3.57. The highest BCUT2D eigenvalue weighted by Gasteiger charge is 2.41. The number of rotatable bonds is 4. The van der Waals surface area contributed by atoms with Gasteiger partial charge < -0.3 is 10.0 Å². The van der Waals surface area contributed by atoms with Crippen molar-refractivity contribution in [3.05, 3.63) is 35.4 Å². The van der Waals surface area contributed by atoms with Gasteiger partial charge in [0.25, 0.3) is 0 Å². The fraction of sp³-hybridized carbons (Fsp3) is 0.588. The average molecular weight is 342 g/mol. The van der Waals surface area contributed by atoms with E-state index < -0.39 is 23.9 Å². The molecule has 7 heteroatoms. The Morgan fingerprint density at radius 3 is 2.62 bits per heavy atom. The van der Waals surface area contributed by atoms with Gasteiger partial charge in [-0.15, -0.1) is 0 Å². The van der Waals surface area contributed by atoms with Crippen molar-refractivity contribution >= 4 is 5.91 Å². The summed E-state index contributed by atoms with van der Waals surface area (Å²) in [7, 11) is 1.73. The molecule has 3 rings (SSSR count). The van der Waals surface area contributed by atoms with Crippen molar-refractivity contribution in [1.29, 1.82) is 0 Å². The molecule has 0 bridgehead atoms. The molecule has 1 aliphatic heterocycles. The number of carbonyl (C=O) groups is 1. The molecule has 4 nitrogen and oxygen atoms in total. The minimum Gasteiger partial charge on any atom is -0.392 e. The van der Waals surface area contributed by atoms with Crippen molar-refractivity contribution in [3.63, 3.8) is 0 Å². The van der Waals surface area contributed by atoms with Crippen molar-refractivity contribution in [2.75, 3.05) is 20.1 Å². The molecule has 2 fully saturated rings. The van der Waals surface area contributed by atoms with Gasteiger partial charge in [-0.3, -0.25) is 9.69 Å². The molecule has 0 unspecified atom stereocenters. The lowest BCUT2D eigenvalue weighted by atomic mass is 9.97. The van der Waals surface area contributed by atoms with Crippen LogP contribution in [0.4, 0.5) is 13.2 Å². The number of benzene rings is 1. The van der Waals surface area contributed by atoms with Gasteiger partial charge in [0.1, 0.15) is 0 Å². The molecule has 0 radical (unpaired) electrons. The van der Waals surface area contributed by atoms with Crippen LogP contribution in [0.3, 0.4) is 0 Å². The Hall–Kier alpha value is -1.60. The van der Waals surface area contributed by atoms with Crippen LogP contribution in [0.1, 0.15) is 36.4 Å². The minimum absolute atomic E-state index is 0.0287. The fourth-order valence-corrected chi connectivity index (χ4v) is 3.37. The molecule has 24 heavy (non-hydrogen) atoms. The lowest BCUT2D eigenvalue weighted by molar-refractivity contribution is -0.138. The smallest absolute Gasteiger partial charge is 0.392 e. The summed E-state index contributed by atoms with van der Waals surface area (Å²) in [6, 6.07) is 5.06. The number of halogens is 3. The first-order valence-electron chi connectivity index (χ1n) is 8.11. The van der Waals surface area contributed by atoms with Crippen LogP contribution in [0.5, 0.6) is 0 Å². The molecule has 132 valence electrons. The molecule has 1 aromatic carbocycles. The van der Waals surface area contributed by atoms with Crippen LogP contribution in [0, 0.1) is 0 Å². The summed E-state index contributed by atoms with van der Waals surface area (Å²) < 4.78 is 39.8. The third-order valence-corrected chi connectivity index (χ3v) is 4.83. The predicted octanol–water partition coefficient (Wildman–Crippen LogP) is 2.43. The number of alkyl halides is 3. The quantitative estimate of drug-likeness (QED) is 0.914. The predicted molar refractivity (Wildman–Crippen MR) is 82.2 cm³/mol. The van der Waals surface area contributed by atoms with Crippen LogP contribution in [0.2, 0.25) is 0 Å². The first-order chi connectivity index (χ1) is 11.3. The van der Waals surface area contributed by atoms with Crippen molar-refractivity contribution in [2.24, 2.45) is 0 Å². The van der Waals surface area contributed by atoms with Gasteiger partial charge in [0.2, 0.25) is 5.91 Å². The number of likely N-dealkylation sites (N-methyl/N-ethyl adjacent to an activating group) is 1. The van der Waals surface area contributed by atoms with E-state index in [1.54, 1.807) is 22.9 Å². The maximum Gasteiger partial charge on any atom is 0.416 e. The Morgan fingerprint density at radius 1 is 1.33 bits per heavy atom. The summed E-state index contributed by atoms with van der Waals surface area (Å²) in [5, 5.41) is 9.95. The Labute approximate surface area is 138 Å². The number of β-amino-alcohol motifs (C(OH)–C–C–N with tert-alkyl or cyclic N) is 1. The topological polar surface area (TPSA) is 43.8 Å². The molecule has 1 saturated carbocycles. The Bertz CT molecular complexity index is 616. The lowest BCUT2D eigenvalue weighted by Gasteiger charge is -2.28. The van der Waals surface area contributed by atoms with E-state index in [9.17, 15) is 23.1 Å². The number of nitrogens with zero attached hydrogens (tertiary/aromatic N) is 2. The maximum atomic E-state index is 13.3. The summed E-state index contributed by atoms with van der Waals surface area (Å²) in [4.78, 5) is 15.7. The van der Waals surface area contributed by atoms with Crippen LogP contribution < -0.4 is 0 Å². The van der Waals surface area contributed by atoms with Crippen molar-refractivity contribution in [2.45, 2.75) is 43.6 Å². The highest BCUT2D eigenvalue weighted by atomic mass is 19.4. The van der Waals surface area contributed by atoms with Crippen molar-refractivity contribution < 1.29 is 23.1 Å². The van der Waals surface area contributed by atoms with Crippen LogP contribution in [0.15, 0.2) is 24.3 Å². The molecule has 1 heterocycles. The molecule has 1 N–H and O–H groups in total. The maximum absolute atomic E-state index is 13.3. The van der Waals surface area contributed by atoms with Crippen LogP contribution in [0.25, 0.3) is 0 Å². The first-order valence-corrected chi connectivity index (χ1v) is 8.11. The minimum atomic E-state index is -4.45. The second-order valence-corrected chi connectivity index (χ2v) is 6.66. The van der Waals surface area contributed by atoms with E-state index in [4.69, 9.17) is 0 Å². The average Bonchev–Trinajstić information content (AvgIpc) is 3.29. The molecule has 0 spiro atoms. The van der Waals surface area contributed by atoms with Gasteiger partial charge in [0.15, 0.2) is 0 Å². The molecule has 2 aliphatic rings. The second-order valence-electron chi connectivity index (χ2n) is 6.66. The second kappa shape index (κ2) is 6.37. The first kappa shape index (κ1) is 17.2. The van der Waals surface area contributed by atoms with Crippen LogP contribution >= 0.6 is 0 Å². The summed E-state index contributed by atoms with van der Waals surface area (Å²) in [6.07, 6.45) is -3.02. The fourth-order valence-electron chi connectivity index (χ4n) is 3.37. The largest absolute Gasteiger partial charge is 0.416 e. The van der Waals surface area contributed by atoms with E-state index in [0.717, 1.165) is 18.9 Å². The van der Waals surface area contributed by atoms with Gasteiger partial charge >= 0.3 is 6.18 Å². The van der Waals surface area contributed by atoms with Gasteiger partial charge in [0.05, 0.1) is 18.2 Å². The highest BCUT2D eigenvalue weighted by Crippen LogP contribution is 2.40. The number of likely N-dealkylation sites (tertiary alicyclic amines) is 1. The van der Waals surface area contributed by atoms with E-state index in [2.05, 4.69) is 0 Å². The molecule has 2 atom stereocenters. The van der Waals surface area contributed by atoms with Gasteiger partial charge in [-0.1, -0.05) is 18.2 Å². The summed E-state index contributed by atoms with van der Waals surface area (Å²) in [5.41, 5.74) is -0.569.